The van der Waals surface area contributed by atoms with Gasteiger partial charge in [0.15, 0.2) is 0 Å². The number of carbonyl (C=O) groups is 2. The highest BCUT2D eigenvalue weighted by Gasteiger charge is 2.29. The van der Waals surface area contributed by atoms with Crippen LogP contribution in [0.4, 0.5) is 0 Å². The molecule has 0 aliphatic rings. The molecule has 0 fully saturated rings. The topological polar surface area (TPSA) is 94.1 Å². The maximum Gasteiger partial charge on any atom is 0.361 e. The Morgan fingerprint density at radius 2 is 1.65 bits per heavy atom. The summed E-state index contributed by atoms with van der Waals surface area (Å²) in [6.07, 6.45) is 0. The van der Waals surface area contributed by atoms with E-state index in [1.165, 1.54) is 0 Å². The zero-order valence-electron chi connectivity index (χ0n) is 11.3. The number of ether oxygens (including phenoxy) is 1. The van der Waals surface area contributed by atoms with Gasteiger partial charge in [-0.25, -0.2) is 4.79 Å². The van der Waals surface area contributed by atoms with E-state index in [-0.39, 0.29) is 0 Å². The van der Waals surface area contributed by atoms with E-state index in [9.17, 15) is 14.5 Å². The van der Waals surface area contributed by atoms with Gasteiger partial charge in [0.05, 0.1) is 7.11 Å². The van der Waals surface area contributed by atoms with Gasteiger partial charge in [-0.1, -0.05) is 18.2 Å². The van der Waals surface area contributed by atoms with Gasteiger partial charge < -0.3 is 24.0 Å². The van der Waals surface area contributed by atoms with Crippen LogP contribution in [0.15, 0.2) is 30.3 Å². The lowest BCUT2D eigenvalue weighted by atomic mass is 10.2. The normalized spacial score (nSPS) is 10.8. The van der Waals surface area contributed by atoms with Gasteiger partial charge in [-0.3, -0.25) is 4.79 Å². The van der Waals surface area contributed by atoms with Crippen molar-refractivity contribution in [2.45, 2.75) is 0 Å². The molecule has 0 atom stereocenters. The summed E-state index contributed by atoms with van der Waals surface area (Å²) in [7, 11) is -0.237. The molecule has 7 nitrogen and oxygen atoms in total. The second-order valence-corrected chi connectivity index (χ2v) is 5.76. The Labute approximate surface area is 116 Å². The van der Waals surface area contributed by atoms with Gasteiger partial charge in [-0.2, -0.15) is 0 Å². The number of benzene rings is 1. The summed E-state index contributed by atoms with van der Waals surface area (Å²) in [5.74, 6) is -1.52. The van der Waals surface area contributed by atoms with Gasteiger partial charge in [0.1, 0.15) is 0 Å². The van der Waals surface area contributed by atoms with Crippen molar-refractivity contribution in [1.29, 1.82) is 0 Å². The number of amides is 1. The molecule has 1 aromatic carbocycles. The van der Waals surface area contributed by atoms with Crippen LogP contribution in [0, 0.1) is 0 Å². The third kappa shape index (κ3) is 3.68. The van der Waals surface area contributed by atoms with E-state index < -0.39 is 24.9 Å². The van der Waals surface area contributed by atoms with Crippen molar-refractivity contribution in [3.8, 4) is 0 Å². The summed E-state index contributed by atoms with van der Waals surface area (Å²) in [5, 5.41) is 2.28. The highest BCUT2D eigenvalue weighted by atomic mass is 31.2. The smallest absolute Gasteiger partial charge is 0.361 e. The summed E-state index contributed by atoms with van der Waals surface area (Å²) in [5.41, 5.74) is -0.147. The van der Waals surface area contributed by atoms with Crippen LogP contribution in [-0.4, -0.2) is 43.5 Å². The minimum Gasteiger partial charge on any atom is -0.464 e. The van der Waals surface area contributed by atoms with E-state index in [1.807, 2.05) is 0 Å². The molecule has 2 N–H and O–H groups in total. The molecule has 0 saturated carbocycles. The number of methoxy groups -OCH3 is 1. The third-order valence-corrected chi connectivity index (χ3v) is 4.27. The predicted octanol–water partition coefficient (Wildman–Crippen LogP) is 0.767. The minimum atomic E-state index is -3.68. The Morgan fingerprint density at radius 1 is 1.10 bits per heavy atom. The van der Waals surface area contributed by atoms with Gasteiger partial charge >= 0.3 is 5.97 Å². The molecular formula is C12H16NO6P. The zero-order chi connectivity index (χ0) is 15.2. The molecule has 1 amide bonds. The first-order valence-electron chi connectivity index (χ1n) is 5.54. The monoisotopic (exact) mass is 301 g/mol. The second kappa shape index (κ2) is 7.21. The van der Waals surface area contributed by atoms with E-state index in [2.05, 4.69) is 10.1 Å². The van der Waals surface area contributed by atoms with E-state index in [0.717, 1.165) is 21.3 Å². The Morgan fingerprint density at radius 3 is 2.10 bits per heavy atom. The number of rotatable bonds is 5. The van der Waals surface area contributed by atoms with Crippen molar-refractivity contribution < 1.29 is 28.3 Å². The highest BCUT2D eigenvalue weighted by Crippen LogP contribution is 2.44. The second-order valence-electron chi connectivity index (χ2n) is 3.55. The summed E-state index contributed by atoms with van der Waals surface area (Å²) in [6.45, 7) is 0. The van der Waals surface area contributed by atoms with Crippen molar-refractivity contribution in [3.05, 3.63) is 35.9 Å². The lowest BCUT2D eigenvalue weighted by Gasteiger charge is -2.19. The van der Waals surface area contributed by atoms with Gasteiger partial charge in [0, 0.05) is 19.8 Å². The van der Waals surface area contributed by atoms with Crippen LogP contribution < -0.4 is 5.32 Å². The fraction of sp³-hybridized carbons (Fsp3) is 0.250. The number of hydrogen-bond acceptors (Lipinski definition) is 6. The van der Waals surface area contributed by atoms with Crippen LogP contribution in [0.25, 0.3) is 0 Å². The number of nitrogens with one attached hydrogen (secondary N) is 1. The largest absolute Gasteiger partial charge is 0.464 e. The molecule has 0 radical (unpaired) electrons. The zero-order valence-corrected chi connectivity index (χ0v) is 12.2. The fourth-order valence-electron chi connectivity index (χ4n) is 1.36. The van der Waals surface area contributed by atoms with Crippen LogP contribution >= 0.6 is 7.57 Å². The molecular weight excluding hydrogens is 285 g/mol. The number of hydrogen-bond donors (Lipinski definition) is 2. The van der Waals surface area contributed by atoms with Gasteiger partial charge in [-0.05, 0) is 12.1 Å². The molecule has 0 spiro atoms. The van der Waals surface area contributed by atoms with Crippen molar-refractivity contribution in [2.24, 2.45) is 0 Å². The summed E-state index contributed by atoms with van der Waals surface area (Å²) in [4.78, 5) is 33.8. The molecule has 1 aromatic rings. The fourth-order valence-corrected chi connectivity index (χ4v) is 2.44. The van der Waals surface area contributed by atoms with E-state index in [4.69, 9.17) is 9.05 Å². The van der Waals surface area contributed by atoms with Crippen LogP contribution in [0.1, 0.15) is 10.4 Å². The SMILES string of the molecule is COC(=O)C(NC(=O)c1ccccc1)=P(O)(OC)OC. The Kier molecular flexibility index (Phi) is 5.91. The summed E-state index contributed by atoms with van der Waals surface area (Å²) >= 11 is 0. The third-order valence-electron chi connectivity index (χ3n) is 2.42. The molecule has 0 heterocycles. The molecule has 0 aliphatic heterocycles. The summed E-state index contributed by atoms with van der Waals surface area (Å²) < 4.78 is 14.1. The molecule has 0 bridgehead atoms. The van der Waals surface area contributed by atoms with Crippen molar-refractivity contribution in [3.63, 3.8) is 0 Å². The van der Waals surface area contributed by atoms with E-state index in [0.29, 0.717) is 5.56 Å². The van der Waals surface area contributed by atoms with Crippen molar-refractivity contribution in [2.75, 3.05) is 21.3 Å². The molecule has 1 rings (SSSR count). The Hall–Kier alpha value is -1.66. The highest BCUT2D eigenvalue weighted by molar-refractivity contribution is 7.63. The molecule has 0 saturated heterocycles. The predicted molar refractivity (Wildman–Crippen MR) is 74.1 cm³/mol. The lowest BCUT2D eigenvalue weighted by molar-refractivity contribution is -0.132. The molecule has 0 aromatic heterocycles. The first-order valence-corrected chi connectivity index (χ1v) is 7.11. The maximum absolute atomic E-state index is 12.0. The van der Waals surface area contributed by atoms with Gasteiger partial charge in [0.25, 0.3) is 13.5 Å². The standard InChI is InChI=1S/C12H16NO6P/c1-17-12(15)11(20(16,18-2)19-3)13-10(14)9-7-5-4-6-8-9/h4-8,16H,1-3H3,(H,13,14). The first-order chi connectivity index (χ1) is 9.48. The lowest BCUT2D eigenvalue weighted by Crippen LogP contribution is -2.38. The van der Waals surface area contributed by atoms with Crippen molar-refractivity contribution in [1.82, 2.24) is 5.32 Å². The average molecular weight is 301 g/mol. The average Bonchev–Trinajstić information content (AvgIpc) is 2.51. The van der Waals surface area contributed by atoms with E-state index in [1.54, 1.807) is 30.3 Å². The van der Waals surface area contributed by atoms with Crippen LogP contribution in [0.2, 0.25) is 0 Å². The Balaban J connectivity index is 3.16. The molecule has 20 heavy (non-hydrogen) atoms. The van der Waals surface area contributed by atoms with E-state index >= 15 is 0 Å². The maximum atomic E-state index is 12.0. The molecule has 8 heteroatoms. The van der Waals surface area contributed by atoms with Crippen LogP contribution in [0.5, 0.6) is 0 Å². The van der Waals surface area contributed by atoms with Gasteiger partial charge in [0.2, 0.25) is 5.42 Å². The quantitative estimate of drug-likeness (QED) is 0.616. The van der Waals surface area contributed by atoms with Crippen LogP contribution in [0.3, 0.4) is 0 Å². The summed E-state index contributed by atoms with van der Waals surface area (Å²) in [6, 6.07) is 8.19. The van der Waals surface area contributed by atoms with Gasteiger partial charge in [-0.15, -0.1) is 0 Å². The Bertz CT molecular complexity index is 534. The minimum absolute atomic E-state index is 0.313. The van der Waals surface area contributed by atoms with Crippen molar-refractivity contribution >= 4 is 24.9 Å². The van der Waals surface area contributed by atoms with Crippen LogP contribution in [-0.2, 0) is 18.6 Å². The number of esters is 1. The first kappa shape index (κ1) is 16.4. The molecule has 110 valence electrons. The molecule has 0 unspecified atom stereocenters. The molecule has 0 aliphatic carbocycles. The number of carbonyl (C=O) groups excluding carboxylic acids is 2.